The normalized spacial score (nSPS) is 11.3. The molecule has 90 valence electrons. The lowest BCUT2D eigenvalue weighted by Crippen LogP contribution is -2.43. The fourth-order valence-corrected chi connectivity index (χ4v) is 1.10. The van der Waals surface area contributed by atoms with E-state index in [1.165, 1.54) is 7.11 Å². The fraction of sp³-hybridized carbons (Fsp3) is 0.636. The molecule has 1 amide bonds. The van der Waals surface area contributed by atoms with Gasteiger partial charge in [-0.05, 0) is 12.8 Å². The third kappa shape index (κ3) is 6.04. The number of carbonyl (C=O) groups excluding carboxylic acids is 2. The molecule has 16 heavy (non-hydrogen) atoms. The molecule has 0 fully saturated rings. The van der Waals surface area contributed by atoms with Gasteiger partial charge in [-0.15, -0.1) is 12.3 Å². The van der Waals surface area contributed by atoms with Crippen molar-refractivity contribution in [3.05, 3.63) is 0 Å². The first-order chi connectivity index (χ1) is 7.65. The first kappa shape index (κ1) is 14.5. The van der Waals surface area contributed by atoms with Gasteiger partial charge < -0.3 is 15.2 Å². The predicted molar refractivity (Wildman–Crippen MR) is 58.3 cm³/mol. The van der Waals surface area contributed by atoms with E-state index in [-0.39, 0.29) is 12.3 Å². The molecule has 0 aromatic carbocycles. The molecule has 0 rings (SSSR count). The number of carbonyl (C=O) groups is 2. The van der Waals surface area contributed by atoms with E-state index in [4.69, 9.17) is 11.5 Å². The summed E-state index contributed by atoms with van der Waals surface area (Å²) in [6.45, 7) is -0.469. The van der Waals surface area contributed by atoms with Gasteiger partial charge in [0.1, 0.15) is 0 Å². The lowest BCUT2D eigenvalue weighted by atomic mass is 10.2. The summed E-state index contributed by atoms with van der Waals surface area (Å²) in [7, 11) is 1.20. The third-order valence-electron chi connectivity index (χ3n) is 1.98. The zero-order chi connectivity index (χ0) is 12.4. The van der Waals surface area contributed by atoms with Crippen LogP contribution in [0.15, 0.2) is 0 Å². The summed E-state index contributed by atoms with van der Waals surface area (Å²) in [6.07, 6.45) is 7.41. The number of aliphatic hydroxyl groups is 1. The molecule has 0 aliphatic heterocycles. The summed E-state index contributed by atoms with van der Waals surface area (Å²) in [6, 6.07) is -0.981. The third-order valence-corrected chi connectivity index (χ3v) is 1.98. The van der Waals surface area contributed by atoms with Crippen molar-refractivity contribution in [2.75, 3.05) is 13.7 Å². The highest BCUT2D eigenvalue weighted by molar-refractivity contribution is 5.84. The monoisotopic (exact) mass is 227 g/mol. The first-order valence-corrected chi connectivity index (χ1v) is 5.07. The number of esters is 1. The van der Waals surface area contributed by atoms with E-state index in [2.05, 4.69) is 16.0 Å². The first-order valence-electron chi connectivity index (χ1n) is 5.07. The minimum absolute atomic E-state index is 0.287. The standard InChI is InChI=1S/C11H17NO4/c1-3-4-5-6-7-10(14)12-9(8-13)11(15)16-2/h1,9,13H,4-8H2,2H3,(H,12,14). The number of aliphatic hydroxyl groups excluding tert-OH is 1. The summed E-state index contributed by atoms with van der Waals surface area (Å²) >= 11 is 0. The number of methoxy groups -OCH3 is 1. The van der Waals surface area contributed by atoms with Crippen molar-refractivity contribution in [3.63, 3.8) is 0 Å². The summed E-state index contributed by atoms with van der Waals surface area (Å²) < 4.78 is 4.41. The minimum atomic E-state index is -0.981. The van der Waals surface area contributed by atoms with Gasteiger partial charge in [-0.1, -0.05) is 0 Å². The van der Waals surface area contributed by atoms with Crippen LogP contribution in [0, 0.1) is 12.3 Å². The highest BCUT2D eigenvalue weighted by Crippen LogP contribution is 1.99. The molecule has 0 spiro atoms. The van der Waals surface area contributed by atoms with Gasteiger partial charge in [-0.2, -0.15) is 0 Å². The van der Waals surface area contributed by atoms with Gasteiger partial charge in [0.2, 0.25) is 5.91 Å². The Bertz CT molecular complexity index is 270. The topological polar surface area (TPSA) is 75.6 Å². The van der Waals surface area contributed by atoms with Crippen molar-refractivity contribution < 1.29 is 19.4 Å². The second kappa shape index (κ2) is 8.74. The van der Waals surface area contributed by atoms with E-state index >= 15 is 0 Å². The minimum Gasteiger partial charge on any atom is -0.467 e. The van der Waals surface area contributed by atoms with E-state index in [1.807, 2.05) is 0 Å². The van der Waals surface area contributed by atoms with Crippen molar-refractivity contribution in [2.24, 2.45) is 0 Å². The zero-order valence-corrected chi connectivity index (χ0v) is 9.36. The molecule has 0 aromatic rings. The number of hydrogen-bond acceptors (Lipinski definition) is 4. The van der Waals surface area contributed by atoms with Crippen LogP contribution in [0.25, 0.3) is 0 Å². The number of rotatable bonds is 7. The molecule has 1 atom stereocenters. The Morgan fingerprint density at radius 1 is 1.50 bits per heavy atom. The van der Waals surface area contributed by atoms with Crippen LogP contribution >= 0.6 is 0 Å². The molecule has 0 heterocycles. The molecular formula is C11H17NO4. The summed E-state index contributed by atoms with van der Waals surface area (Å²) in [5, 5.41) is 11.2. The Kier molecular flexibility index (Phi) is 7.90. The van der Waals surface area contributed by atoms with E-state index in [9.17, 15) is 9.59 Å². The molecular weight excluding hydrogens is 210 g/mol. The van der Waals surface area contributed by atoms with Crippen molar-refractivity contribution in [2.45, 2.75) is 31.7 Å². The molecule has 0 bridgehead atoms. The number of hydrogen-bond donors (Lipinski definition) is 2. The number of nitrogens with one attached hydrogen (secondary N) is 1. The molecule has 0 radical (unpaired) electrons. The number of ether oxygens (including phenoxy) is 1. The van der Waals surface area contributed by atoms with Gasteiger partial charge in [0.05, 0.1) is 13.7 Å². The van der Waals surface area contributed by atoms with Crippen LogP contribution < -0.4 is 5.32 Å². The Morgan fingerprint density at radius 2 is 2.19 bits per heavy atom. The number of unbranched alkanes of at least 4 members (excludes halogenated alkanes) is 2. The second-order valence-corrected chi connectivity index (χ2v) is 3.24. The van der Waals surface area contributed by atoms with E-state index in [0.29, 0.717) is 12.8 Å². The lowest BCUT2D eigenvalue weighted by Gasteiger charge is -2.13. The number of amides is 1. The van der Waals surface area contributed by atoms with Crippen LogP contribution in [-0.4, -0.2) is 36.7 Å². The summed E-state index contributed by atoms with van der Waals surface area (Å²) in [5.41, 5.74) is 0. The van der Waals surface area contributed by atoms with E-state index in [1.54, 1.807) is 0 Å². The molecule has 1 unspecified atom stereocenters. The van der Waals surface area contributed by atoms with Gasteiger partial charge in [0.15, 0.2) is 6.04 Å². The van der Waals surface area contributed by atoms with Crippen LogP contribution in [0.5, 0.6) is 0 Å². The average molecular weight is 227 g/mol. The Balaban J connectivity index is 3.84. The van der Waals surface area contributed by atoms with Crippen molar-refractivity contribution in [1.29, 1.82) is 0 Å². The van der Waals surface area contributed by atoms with Gasteiger partial charge in [-0.25, -0.2) is 4.79 Å². The van der Waals surface area contributed by atoms with Crippen molar-refractivity contribution >= 4 is 11.9 Å². The Labute approximate surface area is 95.2 Å². The van der Waals surface area contributed by atoms with Crippen LogP contribution in [0.4, 0.5) is 0 Å². The van der Waals surface area contributed by atoms with E-state index < -0.39 is 18.6 Å². The average Bonchev–Trinajstić information content (AvgIpc) is 2.30. The molecule has 2 N–H and O–H groups in total. The summed E-state index contributed by atoms with van der Waals surface area (Å²) in [5.74, 6) is 1.53. The molecule has 5 heteroatoms. The van der Waals surface area contributed by atoms with Crippen LogP contribution in [0.3, 0.4) is 0 Å². The molecule has 0 aliphatic rings. The Hall–Kier alpha value is -1.54. The zero-order valence-electron chi connectivity index (χ0n) is 9.36. The van der Waals surface area contributed by atoms with E-state index in [0.717, 1.165) is 6.42 Å². The maximum atomic E-state index is 11.3. The molecule has 0 saturated carbocycles. The van der Waals surface area contributed by atoms with Crippen molar-refractivity contribution in [3.8, 4) is 12.3 Å². The summed E-state index contributed by atoms with van der Waals surface area (Å²) in [4.78, 5) is 22.3. The quantitative estimate of drug-likeness (QED) is 0.360. The predicted octanol–water partition coefficient (Wildman–Crippen LogP) is -0.170. The second-order valence-electron chi connectivity index (χ2n) is 3.24. The fourth-order valence-electron chi connectivity index (χ4n) is 1.10. The molecule has 5 nitrogen and oxygen atoms in total. The molecule has 0 aliphatic carbocycles. The van der Waals surface area contributed by atoms with Crippen LogP contribution in [0.2, 0.25) is 0 Å². The maximum Gasteiger partial charge on any atom is 0.330 e. The number of terminal acetylenes is 1. The highest BCUT2D eigenvalue weighted by atomic mass is 16.5. The SMILES string of the molecule is C#CCCCCC(=O)NC(CO)C(=O)OC. The van der Waals surface area contributed by atoms with Gasteiger partial charge in [-0.3, -0.25) is 4.79 Å². The van der Waals surface area contributed by atoms with Gasteiger partial charge in [0, 0.05) is 12.8 Å². The van der Waals surface area contributed by atoms with Gasteiger partial charge in [0.25, 0.3) is 0 Å². The largest absolute Gasteiger partial charge is 0.467 e. The van der Waals surface area contributed by atoms with Crippen LogP contribution in [0.1, 0.15) is 25.7 Å². The maximum absolute atomic E-state index is 11.3. The van der Waals surface area contributed by atoms with Crippen molar-refractivity contribution in [1.82, 2.24) is 5.32 Å². The Morgan fingerprint density at radius 3 is 2.69 bits per heavy atom. The molecule has 0 aromatic heterocycles. The smallest absolute Gasteiger partial charge is 0.330 e. The van der Waals surface area contributed by atoms with Crippen LogP contribution in [-0.2, 0) is 14.3 Å². The molecule has 0 saturated heterocycles. The highest BCUT2D eigenvalue weighted by Gasteiger charge is 2.19. The van der Waals surface area contributed by atoms with Gasteiger partial charge >= 0.3 is 5.97 Å². The lowest BCUT2D eigenvalue weighted by molar-refractivity contribution is -0.146.